The zero-order chi connectivity index (χ0) is 11.3. The molecule has 0 fully saturated rings. The molecule has 0 aliphatic carbocycles. The van der Waals surface area contributed by atoms with Gasteiger partial charge in [0.15, 0.2) is 5.89 Å². The van der Waals surface area contributed by atoms with Crippen molar-refractivity contribution in [1.29, 1.82) is 0 Å². The molecule has 0 atom stereocenters. The molecule has 0 bridgehead atoms. The van der Waals surface area contributed by atoms with Crippen LogP contribution in [0.2, 0.25) is 0 Å². The summed E-state index contributed by atoms with van der Waals surface area (Å²) in [6.07, 6.45) is 3.55. The molecule has 4 nitrogen and oxygen atoms in total. The summed E-state index contributed by atoms with van der Waals surface area (Å²) in [4.78, 5) is 15.5. The Bertz CT molecular complexity index is 371. The van der Waals surface area contributed by atoms with Crippen LogP contribution in [0.25, 0.3) is 0 Å². The number of amides is 1. The van der Waals surface area contributed by atoms with Gasteiger partial charge in [0.2, 0.25) is 5.76 Å². The summed E-state index contributed by atoms with van der Waals surface area (Å²) in [6, 6.07) is 0. The number of nitrogens with one attached hydrogen (secondary N) is 1. The molecule has 0 aromatic carbocycles. The highest BCUT2D eigenvalue weighted by molar-refractivity contribution is 6.18. The van der Waals surface area contributed by atoms with Gasteiger partial charge in [-0.25, -0.2) is 4.98 Å². The van der Waals surface area contributed by atoms with Crippen molar-refractivity contribution in [3.63, 3.8) is 0 Å². The van der Waals surface area contributed by atoms with Crippen molar-refractivity contribution in [2.45, 2.75) is 13.8 Å². The van der Waals surface area contributed by atoms with E-state index in [-0.39, 0.29) is 11.7 Å². The van der Waals surface area contributed by atoms with E-state index in [1.54, 1.807) is 26.0 Å². The van der Waals surface area contributed by atoms with Crippen molar-refractivity contribution in [3.8, 4) is 0 Å². The molecule has 1 aromatic rings. The Morgan fingerprint density at radius 3 is 2.80 bits per heavy atom. The van der Waals surface area contributed by atoms with Gasteiger partial charge in [0.25, 0.3) is 5.91 Å². The van der Waals surface area contributed by atoms with E-state index in [1.165, 1.54) is 0 Å². The normalized spacial score (nSPS) is 10.9. The fourth-order valence-electron chi connectivity index (χ4n) is 1.12. The van der Waals surface area contributed by atoms with E-state index in [2.05, 4.69) is 10.3 Å². The van der Waals surface area contributed by atoms with Crippen LogP contribution in [-0.2, 0) is 0 Å². The highest BCUT2D eigenvalue weighted by atomic mass is 35.5. The van der Waals surface area contributed by atoms with Crippen molar-refractivity contribution in [2.24, 2.45) is 0 Å². The average molecular weight is 229 g/mol. The molecule has 0 aliphatic heterocycles. The van der Waals surface area contributed by atoms with Gasteiger partial charge in [0.05, 0.1) is 5.69 Å². The Morgan fingerprint density at radius 1 is 1.53 bits per heavy atom. The quantitative estimate of drug-likeness (QED) is 0.632. The highest BCUT2D eigenvalue weighted by Gasteiger charge is 2.14. The number of aromatic nitrogens is 1. The van der Waals surface area contributed by atoms with Crippen LogP contribution in [0.1, 0.15) is 22.1 Å². The minimum atomic E-state index is -0.257. The molecule has 0 saturated carbocycles. The number of hydrogen-bond acceptors (Lipinski definition) is 3. The molecule has 0 unspecified atom stereocenters. The second-order valence-corrected chi connectivity index (χ2v) is 3.29. The number of carbonyl (C=O) groups is 1. The number of aryl methyl sites for hydroxylation is 2. The Morgan fingerprint density at radius 2 is 2.27 bits per heavy atom. The second kappa shape index (κ2) is 5.56. The minimum absolute atomic E-state index is 0.257. The molecule has 0 aliphatic rings. The summed E-state index contributed by atoms with van der Waals surface area (Å²) in [7, 11) is 0. The van der Waals surface area contributed by atoms with Crippen LogP contribution in [0.15, 0.2) is 16.6 Å². The molecule has 5 heteroatoms. The number of halogens is 1. The van der Waals surface area contributed by atoms with Crippen LogP contribution in [-0.4, -0.2) is 23.3 Å². The SMILES string of the molecule is Cc1nc(C)c(C(=O)NC/C=C/CCl)o1. The van der Waals surface area contributed by atoms with Crippen LogP contribution in [0.5, 0.6) is 0 Å². The third kappa shape index (κ3) is 3.40. The van der Waals surface area contributed by atoms with Crippen LogP contribution in [0.3, 0.4) is 0 Å². The second-order valence-electron chi connectivity index (χ2n) is 2.98. The maximum atomic E-state index is 11.5. The fraction of sp³-hybridized carbons (Fsp3) is 0.400. The first-order chi connectivity index (χ1) is 7.15. The van der Waals surface area contributed by atoms with E-state index >= 15 is 0 Å². The molecule has 1 rings (SSSR count). The fourth-order valence-corrected chi connectivity index (χ4v) is 1.25. The third-order valence-electron chi connectivity index (χ3n) is 1.75. The smallest absolute Gasteiger partial charge is 0.289 e. The van der Waals surface area contributed by atoms with Crippen LogP contribution >= 0.6 is 11.6 Å². The molecule has 1 heterocycles. The summed E-state index contributed by atoms with van der Waals surface area (Å²) < 4.78 is 5.16. The Kier molecular flexibility index (Phi) is 4.37. The lowest BCUT2D eigenvalue weighted by Crippen LogP contribution is -2.23. The van der Waals surface area contributed by atoms with Gasteiger partial charge in [-0.1, -0.05) is 12.2 Å². The molecule has 0 radical (unpaired) electrons. The molecule has 1 amide bonds. The Hall–Kier alpha value is -1.29. The van der Waals surface area contributed by atoms with Crippen molar-refractivity contribution in [1.82, 2.24) is 10.3 Å². The Labute approximate surface area is 93.3 Å². The van der Waals surface area contributed by atoms with Crippen LogP contribution in [0, 0.1) is 13.8 Å². The molecule has 0 saturated heterocycles. The molecule has 1 N–H and O–H groups in total. The summed E-state index contributed by atoms with van der Waals surface area (Å²) in [6.45, 7) is 3.88. The van der Waals surface area contributed by atoms with Gasteiger partial charge in [-0.2, -0.15) is 0 Å². The van der Waals surface area contributed by atoms with Crippen LogP contribution < -0.4 is 5.32 Å². The zero-order valence-electron chi connectivity index (χ0n) is 8.71. The molecule has 82 valence electrons. The number of oxazole rings is 1. The number of carbonyl (C=O) groups excluding carboxylic acids is 1. The van der Waals surface area contributed by atoms with Gasteiger partial charge in [-0.05, 0) is 6.92 Å². The van der Waals surface area contributed by atoms with Crippen molar-refractivity contribution >= 4 is 17.5 Å². The summed E-state index contributed by atoms with van der Waals surface area (Å²) in [5.74, 6) is 0.948. The number of rotatable bonds is 4. The minimum Gasteiger partial charge on any atom is -0.436 e. The topological polar surface area (TPSA) is 55.1 Å². The molecule has 15 heavy (non-hydrogen) atoms. The third-order valence-corrected chi connectivity index (χ3v) is 1.92. The lowest BCUT2D eigenvalue weighted by molar-refractivity contribution is 0.0928. The first-order valence-electron chi connectivity index (χ1n) is 4.58. The first-order valence-corrected chi connectivity index (χ1v) is 5.11. The average Bonchev–Trinajstić information content (AvgIpc) is 2.52. The number of alkyl halides is 1. The standard InChI is InChI=1S/C10H13ClN2O2/c1-7-9(15-8(2)13-7)10(14)12-6-4-3-5-11/h3-4H,5-6H2,1-2H3,(H,12,14)/b4-3+. The lowest BCUT2D eigenvalue weighted by atomic mass is 10.3. The van der Waals surface area contributed by atoms with E-state index in [1.807, 2.05) is 0 Å². The van der Waals surface area contributed by atoms with Crippen LogP contribution in [0.4, 0.5) is 0 Å². The van der Waals surface area contributed by atoms with Gasteiger partial charge in [0.1, 0.15) is 0 Å². The zero-order valence-corrected chi connectivity index (χ0v) is 9.47. The lowest BCUT2D eigenvalue weighted by Gasteiger charge is -1.98. The van der Waals surface area contributed by atoms with Gasteiger partial charge < -0.3 is 9.73 Å². The molecule has 0 spiro atoms. The number of allylic oxidation sites excluding steroid dienone is 1. The van der Waals surface area contributed by atoms with E-state index in [0.717, 1.165) is 0 Å². The number of hydrogen-bond donors (Lipinski definition) is 1. The highest BCUT2D eigenvalue weighted by Crippen LogP contribution is 2.08. The monoisotopic (exact) mass is 228 g/mol. The van der Waals surface area contributed by atoms with E-state index in [4.69, 9.17) is 16.0 Å². The molecular formula is C10H13ClN2O2. The van der Waals surface area contributed by atoms with E-state index in [0.29, 0.717) is 24.0 Å². The molecular weight excluding hydrogens is 216 g/mol. The maximum absolute atomic E-state index is 11.5. The number of nitrogens with zero attached hydrogens (tertiary/aromatic N) is 1. The van der Waals surface area contributed by atoms with Crippen molar-refractivity contribution in [2.75, 3.05) is 12.4 Å². The van der Waals surface area contributed by atoms with Crippen molar-refractivity contribution in [3.05, 3.63) is 29.5 Å². The van der Waals surface area contributed by atoms with Gasteiger partial charge in [-0.3, -0.25) is 4.79 Å². The molecule has 1 aromatic heterocycles. The van der Waals surface area contributed by atoms with Crippen molar-refractivity contribution < 1.29 is 9.21 Å². The summed E-state index contributed by atoms with van der Waals surface area (Å²) in [5, 5.41) is 2.67. The van der Waals surface area contributed by atoms with Gasteiger partial charge >= 0.3 is 0 Å². The predicted octanol–water partition coefficient (Wildman–Crippen LogP) is 1.82. The maximum Gasteiger partial charge on any atom is 0.289 e. The largest absolute Gasteiger partial charge is 0.436 e. The van der Waals surface area contributed by atoms with E-state index in [9.17, 15) is 4.79 Å². The van der Waals surface area contributed by atoms with E-state index < -0.39 is 0 Å². The van der Waals surface area contributed by atoms with Gasteiger partial charge in [0, 0.05) is 19.3 Å². The summed E-state index contributed by atoms with van der Waals surface area (Å²) in [5.41, 5.74) is 0.603. The summed E-state index contributed by atoms with van der Waals surface area (Å²) >= 11 is 5.43. The predicted molar refractivity (Wildman–Crippen MR) is 58.2 cm³/mol. The van der Waals surface area contributed by atoms with Gasteiger partial charge in [-0.15, -0.1) is 11.6 Å². The Balaban J connectivity index is 2.54. The first kappa shape index (κ1) is 11.8.